The van der Waals surface area contributed by atoms with Gasteiger partial charge in [0.05, 0.1) is 0 Å². The summed E-state index contributed by atoms with van der Waals surface area (Å²) < 4.78 is 0. The highest BCUT2D eigenvalue weighted by Gasteiger charge is 1.96. The lowest BCUT2D eigenvalue weighted by Gasteiger charge is -2.03. The van der Waals surface area contributed by atoms with Crippen molar-refractivity contribution >= 4 is 0 Å². The third-order valence-electron chi connectivity index (χ3n) is 1.17. The van der Waals surface area contributed by atoms with Crippen LogP contribution < -0.4 is 0 Å². The average molecular weight is 118 g/mol. The fraction of sp³-hybridized carbons (Fsp3) is 1.00. The van der Waals surface area contributed by atoms with Crippen molar-refractivity contribution in [3.05, 3.63) is 0 Å². The van der Waals surface area contributed by atoms with Crippen molar-refractivity contribution in [2.45, 2.75) is 19.8 Å². The van der Waals surface area contributed by atoms with Crippen LogP contribution in [0.4, 0.5) is 0 Å². The van der Waals surface area contributed by atoms with E-state index in [0.717, 1.165) is 12.8 Å². The Kier molecular flexibility index (Phi) is 5.01. The number of aliphatic hydroxyl groups is 2. The molecule has 1 atom stereocenters. The topological polar surface area (TPSA) is 40.5 Å². The molecule has 0 aliphatic carbocycles. The first-order valence-corrected chi connectivity index (χ1v) is 3.03. The molecule has 0 aromatic rings. The Morgan fingerprint density at radius 3 is 2.38 bits per heavy atom. The maximum atomic E-state index is 8.48. The molecule has 50 valence electrons. The summed E-state index contributed by atoms with van der Waals surface area (Å²) in [5.74, 6) is 0.349. The van der Waals surface area contributed by atoms with E-state index >= 15 is 0 Å². The number of rotatable bonds is 4. The molecule has 0 aromatic heterocycles. The first kappa shape index (κ1) is 7.92. The second-order valence-corrected chi connectivity index (χ2v) is 2.15. The highest BCUT2D eigenvalue weighted by atomic mass is 16.3. The van der Waals surface area contributed by atoms with Crippen LogP contribution in [0.25, 0.3) is 0 Å². The van der Waals surface area contributed by atoms with Gasteiger partial charge in [0.2, 0.25) is 0 Å². The Morgan fingerprint density at radius 1 is 1.38 bits per heavy atom. The van der Waals surface area contributed by atoms with E-state index in [9.17, 15) is 0 Å². The molecule has 0 bridgehead atoms. The Labute approximate surface area is 50.2 Å². The van der Waals surface area contributed by atoms with Crippen LogP contribution in [0.2, 0.25) is 0 Å². The Morgan fingerprint density at radius 2 is 2.00 bits per heavy atom. The molecule has 0 rings (SSSR count). The van der Waals surface area contributed by atoms with Gasteiger partial charge in [0.25, 0.3) is 0 Å². The molecule has 2 heteroatoms. The lowest BCUT2D eigenvalue weighted by Crippen LogP contribution is -2.00. The fourth-order valence-corrected chi connectivity index (χ4v) is 0.531. The summed E-state index contributed by atoms with van der Waals surface area (Å²) in [6.07, 6.45) is 1.73. The van der Waals surface area contributed by atoms with Crippen molar-refractivity contribution < 1.29 is 10.2 Å². The zero-order valence-corrected chi connectivity index (χ0v) is 5.30. The molecule has 0 aromatic carbocycles. The molecule has 0 aliphatic rings. The minimum atomic E-state index is 0.236. The standard InChI is InChI=1S/C6H14O2/c1-6(5-8)3-2-4-7/h6-8H,2-5H2,1H3. The van der Waals surface area contributed by atoms with Crippen LogP contribution in [-0.4, -0.2) is 23.4 Å². The first-order valence-electron chi connectivity index (χ1n) is 3.03. The molecule has 0 fully saturated rings. The summed E-state index contributed by atoms with van der Waals surface area (Å²) in [4.78, 5) is 0. The van der Waals surface area contributed by atoms with Crippen molar-refractivity contribution in [3.63, 3.8) is 0 Å². The highest BCUT2D eigenvalue weighted by molar-refractivity contribution is 4.48. The summed E-state index contributed by atoms with van der Waals surface area (Å²) in [6.45, 7) is 2.44. The van der Waals surface area contributed by atoms with Crippen LogP contribution in [-0.2, 0) is 0 Å². The molecular formula is C6H14O2. The highest BCUT2D eigenvalue weighted by Crippen LogP contribution is 2.01. The van der Waals surface area contributed by atoms with E-state index in [0.29, 0.717) is 5.92 Å². The molecule has 0 spiro atoms. The number of aliphatic hydroxyl groups excluding tert-OH is 2. The molecule has 0 heterocycles. The summed E-state index contributed by atoms with van der Waals surface area (Å²) in [5.41, 5.74) is 0. The van der Waals surface area contributed by atoms with Gasteiger partial charge < -0.3 is 10.2 Å². The minimum Gasteiger partial charge on any atom is -0.396 e. The SMILES string of the molecule is CC(CO)CCCO. The van der Waals surface area contributed by atoms with Crippen molar-refractivity contribution in [1.29, 1.82) is 0 Å². The normalized spacial score (nSPS) is 13.9. The second-order valence-electron chi connectivity index (χ2n) is 2.15. The van der Waals surface area contributed by atoms with Gasteiger partial charge in [0.1, 0.15) is 0 Å². The molecule has 0 saturated heterocycles. The van der Waals surface area contributed by atoms with Crippen LogP contribution in [0.5, 0.6) is 0 Å². The van der Waals surface area contributed by atoms with Crippen molar-refractivity contribution in [1.82, 2.24) is 0 Å². The predicted molar refractivity (Wildman–Crippen MR) is 32.6 cm³/mol. The van der Waals surface area contributed by atoms with E-state index < -0.39 is 0 Å². The molecule has 8 heavy (non-hydrogen) atoms. The molecule has 0 amide bonds. The molecule has 0 aliphatic heterocycles. The number of hydrogen-bond donors (Lipinski definition) is 2. The van der Waals surface area contributed by atoms with Crippen molar-refractivity contribution in [3.8, 4) is 0 Å². The van der Waals surface area contributed by atoms with Gasteiger partial charge in [-0.3, -0.25) is 0 Å². The maximum absolute atomic E-state index is 8.48. The summed E-state index contributed by atoms with van der Waals surface area (Å²) >= 11 is 0. The first-order chi connectivity index (χ1) is 3.81. The minimum absolute atomic E-state index is 0.236. The molecule has 0 saturated carbocycles. The number of hydrogen-bond acceptors (Lipinski definition) is 2. The third kappa shape index (κ3) is 4.09. The van der Waals surface area contributed by atoms with Gasteiger partial charge in [-0.2, -0.15) is 0 Å². The second kappa shape index (κ2) is 5.06. The monoisotopic (exact) mass is 118 g/mol. The van der Waals surface area contributed by atoms with Gasteiger partial charge in [-0.25, -0.2) is 0 Å². The zero-order chi connectivity index (χ0) is 6.41. The Balaban J connectivity index is 2.86. The van der Waals surface area contributed by atoms with E-state index in [1.165, 1.54) is 0 Å². The molecule has 1 unspecified atom stereocenters. The predicted octanol–water partition coefficient (Wildman–Crippen LogP) is 0.387. The van der Waals surface area contributed by atoms with Gasteiger partial charge in [-0.15, -0.1) is 0 Å². The molecule has 2 nitrogen and oxygen atoms in total. The van der Waals surface area contributed by atoms with Gasteiger partial charge in [0.15, 0.2) is 0 Å². The largest absolute Gasteiger partial charge is 0.396 e. The Hall–Kier alpha value is -0.0800. The van der Waals surface area contributed by atoms with Crippen LogP contribution >= 0.6 is 0 Å². The Bertz CT molecular complexity index is 45.8. The summed E-state index contributed by atoms with van der Waals surface area (Å²) in [7, 11) is 0. The van der Waals surface area contributed by atoms with Crippen molar-refractivity contribution in [2.24, 2.45) is 5.92 Å². The van der Waals surface area contributed by atoms with Crippen LogP contribution in [0, 0.1) is 5.92 Å². The molecular weight excluding hydrogens is 104 g/mol. The zero-order valence-electron chi connectivity index (χ0n) is 5.30. The summed E-state index contributed by atoms with van der Waals surface area (Å²) in [6, 6.07) is 0. The van der Waals surface area contributed by atoms with Crippen LogP contribution in [0.3, 0.4) is 0 Å². The lowest BCUT2D eigenvalue weighted by molar-refractivity contribution is 0.212. The van der Waals surface area contributed by atoms with E-state index in [4.69, 9.17) is 10.2 Å². The maximum Gasteiger partial charge on any atom is 0.0456 e. The quantitative estimate of drug-likeness (QED) is 0.560. The van der Waals surface area contributed by atoms with E-state index in [-0.39, 0.29) is 13.2 Å². The average Bonchev–Trinajstić information content (AvgIpc) is 1.83. The smallest absolute Gasteiger partial charge is 0.0456 e. The van der Waals surface area contributed by atoms with E-state index in [1.54, 1.807) is 0 Å². The summed E-state index contributed by atoms with van der Waals surface area (Å²) in [5, 5.41) is 16.8. The van der Waals surface area contributed by atoms with Crippen LogP contribution in [0.15, 0.2) is 0 Å². The van der Waals surface area contributed by atoms with Gasteiger partial charge in [-0.05, 0) is 18.8 Å². The molecule has 0 radical (unpaired) electrons. The van der Waals surface area contributed by atoms with Crippen LogP contribution in [0.1, 0.15) is 19.8 Å². The van der Waals surface area contributed by atoms with Crippen molar-refractivity contribution in [2.75, 3.05) is 13.2 Å². The lowest BCUT2D eigenvalue weighted by atomic mass is 10.1. The van der Waals surface area contributed by atoms with Gasteiger partial charge >= 0.3 is 0 Å². The van der Waals surface area contributed by atoms with E-state index in [1.807, 2.05) is 6.92 Å². The fourth-order valence-electron chi connectivity index (χ4n) is 0.531. The van der Waals surface area contributed by atoms with Gasteiger partial charge in [-0.1, -0.05) is 6.92 Å². The van der Waals surface area contributed by atoms with E-state index in [2.05, 4.69) is 0 Å². The van der Waals surface area contributed by atoms with Gasteiger partial charge in [0, 0.05) is 13.2 Å². The molecule has 2 N–H and O–H groups in total. The third-order valence-corrected chi connectivity index (χ3v) is 1.17.